The summed E-state index contributed by atoms with van der Waals surface area (Å²) < 4.78 is 4.60. The van der Waals surface area contributed by atoms with Crippen LogP contribution in [0.1, 0.15) is 48.7 Å². The van der Waals surface area contributed by atoms with Crippen LogP contribution in [0, 0.1) is 0 Å². The Morgan fingerprint density at radius 2 is 2.00 bits per heavy atom. The predicted octanol–water partition coefficient (Wildman–Crippen LogP) is -0.237. The number of anilines is 1. The highest BCUT2D eigenvalue weighted by Crippen LogP contribution is 2.44. The van der Waals surface area contributed by atoms with Crippen molar-refractivity contribution in [3.8, 4) is 11.5 Å². The van der Waals surface area contributed by atoms with E-state index in [-0.39, 0.29) is 33.9 Å². The summed E-state index contributed by atoms with van der Waals surface area (Å²) in [5.41, 5.74) is 4.78. The number of oxime groups is 1. The van der Waals surface area contributed by atoms with Crippen molar-refractivity contribution < 1.29 is 43.8 Å². The second-order valence-corrected chi connectivity index (χ2v) is 15.0. The predicted molar refractivity (Wildman–Crippen MR) is 185 cm³/mol. The Morgan fingerprint density at radius 1 is 1.25 bits per heavy atom. The molecule has 0 spiro atoms. The van der Waals surface area contributed by atoms with Gasteiger partial charge in [0.1, 0.15) is 18.0 Å². The zero-order valence-corrected chi connectivity index (χ0v) is 30.0. The number of hydrogen-bond acceptors (Lipinski definition) is 16. The highest BCUT2D eigenvalue weighted by molar-refractivity contribution is 8.00. The first-order valence-electron chi connectivity index (χ1n) is 15.8. The van der Waals surface area contributed by atoms with Gasteiger partial charge in [-0.15, -0.1) is 11.8 Å². The lowest BCUT2D eigenvalue weighted by atomic mass is 10.0. The van der Waals surface area contributed by atoms with Crippen molar-refractivity contribution in [1.29, 1.82) is 0 Å². The quantitative estimate of drug-likeness (QED) is 0.0430. The number of carboxylic acids is 1. The molecule has 0 saturated carbocycles. The molecule has 2 atom stereocenters. The molecule has 5 heterocycles. The Labute approximate surface area is 308 Å². The molecule has 0 bridgehead atoms. The lowest BCUT2D eigenvalue weighted by Crippen LogP contribution is -2.70. The summed E-state index contributed by atoms with van der Waals surface area (Å²) in [5.74, 6) is -3.79. The molecule has 0 radical (unpaired) electrons. The zero-order valence-electron chi connectivity index (χ0n) is 27.6. The van der Waals surface area contributed by atoms with Gasteiger partial charge in [-0.2, -0.15) is 14.6 Å². The van der Waals surface area contributed by atoms with Crippen molar-refractivity contribution in [3.05, 3.63) is 39.9 Å². The number of amides is 3. The van der Waals surface area contributed by atoms with Crippen molar-refractivity contribution in [2.45, 2.75) is 43.7 Å². The fourth-order valence-electron chi connectivity index (χ4n) is 6.08. The van der Waals surface area contributed by atoms with E-state index in [1.807, 2.05) is 0 Å². The van der Waals surface area contributed by atoms with Gasteiger partial charge in [0, 0.05) is 35.7 Å². The number of carbonyl (C=O) groups excluding carboxylic acids is 3. The van der Waals surface area contributed by atoms with E-state index in [0.29, 0.717) is 29.0 Å². The Balaban J connectivity index is 1.19. The van der Waals surface area contributed by atoms with Crippen LogP contribution in [0.5, 0.6) is 11.5 Å². The molecule has 2 saturated heterocycles. The molecule has 52 heavy (non-hydrogen) atoms. The number of aliphatic carboxylic acids is 1. The van der Waals surface area contributed by atoms with Gasteiger partial charge in [-0.05, 0) is 26.0 Å². The van der Waals surface area contributed by atoms with Crippen molar-refractivity contribution in [2.24, 2.45) is 5.16 Å². The summed E-state index contributed by atoms with van der Waals surface area (Å²) in [6.07, 6.45) is 1.90. The van der Waals surface area contributed by atoms with E-state index in [2.05, 4.69) is 45.8 Å². The fraction of sp³-hybridized carbons (Fsp3) is 0.448. The van der Waals surface area contributed by atoms with Crippen LogP contribution in [-0.2, 0) is 19.2 Å². The molecule has 7 N–H and O–H groups in total. The third-order valence-electron chi connectivity index (χ3n) is 8.87. The monoisotopic (exact) mass is 776 g/mol. The van der Waals surface area contributed by atoms with E-state index in [9.17, 15) is 34.5 Å². The minimum absolute atomic E-state index is 0.0259. The molecule has 0 unspecified atom stereocenters. The van der Waals surface area contributed by atoms with Gasteiger partial charge in [0.05, 0.1) is 48.3 Å². The number of nitrogens with zero attached hydrogens (tertiary/aromatic N) is 9. The number of tetrazole rings is 1. The standard InChI is InChI=1S/C29H33ClN12O8S2/c1-29(2,27(48)49)50-37-17(21-34-28(31)52-38-21)24(46)33-18-25(47)41-19(22-35-39-40-36-22)13(12-51-26(18)41)11-42(8-3-4-9-42)10-7-32-23(45)14-5-6-15(43)20(44)16(14)30/h5-6,18,26H,3-4,7-12H2,1-2H3,(H7-,31,32,33,34,35,36,37,38,39,40,43,44,45,46,48,49)/t18-,26-/m1/s1. The number of likely N-dealkylation sites (tertiary alicyclic amines) is 1. The Morgan fingerprint density at radius 3 is 2.65 bits per heavy atom. The van der Waals surface area contributed by atoms with E-state index in [4.69, 9.17) is 22.2 Å². The summed E-state index contributed by atoms with van der Waals surface area (Å²) in [5, 5.41) is 52.9. The molecule has 276 valence electrons. The number of fused-ring (bicyclic) bond motifs is 1. The molecule has 3 aliphatic rings. The maximum atomic E-state index is 13.8. The topological polar surface area (TPSA) is 282 Å². The molecular weight excluding hydrogens is 744 g/mol. The largest absolute Gasteiger partial charge is 0.504 e. The van der Waals surface area contributed by atoms with Gasteiger partial charge in [0.25, 0.3) is 17.7 Å². The highest BCUT2D eigenvalue weighted by Gasteiger charge is 2.54. The number of carbonyl (C=O) groups is 4. The SMILES string of the molecule is CC(C)(O/N=C(\C(=O)N[C@@H]1C(=O)N2C(c3nnn[n-]3)=C(C[N+]3(CCNC(=O)c4ccc(O)c(O)c4Cl)CCCC3)CS[C@H]12)c1nsc(N)n1)C(=O)O. The highest BCUT2D eigenvalue weighted by atomic mass is 35.5. The second-order valence-electron chi connectivity index (χ2n) is 12.7. The minimum atomic E-state index is -1.79. The Kier molecular flexibility index (Phi) is 10.3. The molecule has 20 nitrogen and oxygen atoms in total. The van der Waals surface area contributed by atoms with Crippen LogP contribution in [0.25, 0.3) is 5.70 Å². The molecule has 3 amide bonds. The maximum Gasteiger partial charge on any atom is 0.350 e. The van der Waals surface area contributed by atoms with Crippen molar-refractivity contribution >= 4 is 75.1 Å². The number of phenols is 2. The van der Waals surface area contributed by atoms with Gasteiger partial charge in [0.2, 0.25) is 17.1 Å². The number of aromatic hydroxyl groups is 2. The summed E-state index contributed by atoms with van der Waals surface area (Å²) in [6, 6.07) is 1.50. The molecular formula is C29H33ClN12O8S2. The summed E-state index contributed by atoms with van der Waals surface area (Å²) >= 11 is 8.30. The summed E-state index contributed by atoms with van der Waals surface area (Å²) in [4.78, 5) is 62.4. The molecule has 0 aliphatic carbocycles. The lowest BCUT2D eigenvalue weighted by Gasteiger charge is -2.51. The van der Waals surface area contributed by atoms with Gasteiger partial charge in [-0.1, -0.05) is 16.8 Å². The molecule has 1 aromatic carbocycles. The van der Waals surface area contributed by atoms with Crippen LogP contribution in [0.2, 0.25) is 5.02 Å². The number of nitrogen functional groups attached to an aromatic ring is 1. The van der Waals surface area contributed by atoms with Gasteiger partial charge in [-0.3, -0.25) is 29.6 Å². The number of aromatic nitrogens is 6. The van der Waals surface area contributed by atoms with Crippen molar-refractivity contribution in [2.75, 3.05) is 44.2 Å². The van der Waals surface area contributed by atoms with E-state index in [1.165, 1.54) is 42.6 Å². The first-order valence-corrected chi connectivity index (χ1v) is 18.0. The van der Waals surface area contributed by atoms with Gasteiger partial charge < -0.3 is 46.1 Å². The van der Waals surface area contributed by atoms with E-state index in [1.54, 1.807) is 0 Å². The van der Waals surface area contributed by atoms with Crippen molar-refractivity contribution in [1.82, 2.24) is 45.5 Å². The number of nitrogens with one attached hydrogen (secondary N) is 2. The van der Waals surface area contributed by atoms with Crippen LogP contribution >= 0.6 is 34.9 Å². The smallest absolute Gasteiger partial charge is 0.350 e. The van der Waals surface area contributed by atoms with Crippen LogP contribution in [0.4, 0.5) is 5.13 Å². The van der Waals surface area contributed by atoms with Crippen LogP contribution in [0.15, 0.2) is 22.9 Å². The molecule has 2 fully saturated rings. The Bertz CT molecular complexity index is 1960. The van der Waals surface area contributed by atoms with E-state index < -0.39 is 57.9 Å². The van der Waals surface area contributed by atoms with Gasteiger partial charge in [0.15, 0.2) is 16.6 Å². The maximum absolute atomic E-state index is 13.8. The zero-order chi connectivity index (χ0) is 37.4. The number of rotatable bonds is 13. The fourth-order valence-corrected chi connectivity index (χ4v) is 8.10. The normalized spacial score (nSPS) is 19.9. The number of carboxylic acid groups (broad SMARTS) is 1. The Hall–Kier alpha value is -5.06. The first kappa shape index (κ1) is 36.7. The average molecular weight is 777 g/mol. The molecule has 6 rings (SSSR count). The number of quaternary nitrogens is 1. The second kappa shape index (κ2) is 14.5. The van der Waals surface area contributed by atoms with Gasteiger partial charge >= 0.3 is 5.97 Å². The van der Waals surface area contributed by atoms with Crippen molar-refractivity contribution in [3.63, 3.8) is 0 Å². The van der Waals surface area contributed by atoms with E-state index >= 15 is 0 Å². The molecule has 3 aromatic rings. The molecule has 3 aliphatic heterocycles. The third kappa shape index (κ3) is 7.18. The number of phenolic OH excluding ortho intramolecular Hbond substituents is 2. The lowest BCUT2D eigenvalue weighted by molar-refractivity contribution is -0.911. The minimum Gasteiger partial charge on any atom is -0.504 e. The van der Waals surface area contributed by atoms with E-state index in [0.717, 1.165) is 43.0 Å². The average Bonchev–Trinajstić information content (AvgIpc) is 3.90. The number of hydrogen-bond donors (Lipinski definition) is 6. The summed E-state index contributed by atoms with van der Waals surface area (Å²) in [7, 11) is 0. The number of nitrogens with two attached hydrogens (primary N) is 1. The van der Waals surface area contributed by atoms with Crippen LogP contribution < -0.4 is 21.5 Å². The van der Waals surface area contributed by atoms with Crippen LogP contribution in [0.3, 0.4) is 0 Å². The van der Waals surface area contributed by atoms with Crippen LogP contribution in [-0.4, -0.2) is 134 Å². The first-order chi connectivity index (χ1) is 24.7. The number of β-lactam (4-membered cyclic amide) rings is 1. The molecule has 2 aromatic heterocycles. The number of benzene rings is 1. The summed E-state index contributed by atoms with van der Waals surface area (Å²) in [6.45, 7) is 5.43. The molecule has 23 heteroatoms. The third-order valence-corrected chi connectivity index (χ3v) is 11.1. The number of halogens is 1. The van der Waals surface area contributed by atoms with Gasteiger partial charge in [-0.25, -0.2) is 4.79 Å². The number of thioether (sulfide) groups is 1.